The fourth-order valence-electron chi connectivity index (χ4n) is 3.91. The van der Waals surface area contributed by atoms with Crippen molar-refractivity contribution in [3.05, 3.63) is 71.3 Å². The summed E-state index contributed by atoms with van der Waals surface area (Å²) in [7, 11) is 0. The highest BCUT2D eigenvalue weighted by Crippen LogP contribution is 2.26. The molecule has 0 N–H and O–H groups in total. The summed E-state index contributed by atoms with van der Waals surface area (Å²) in [6.45, 7) is 2.51. The summed E-state index contributed by atoms with van der Waals surface area (Å²) >= 11 is 0. The van der Waals surface area contributed by atoms with E-state index in [0.29, 0.717) is 24.2 Å². The van der Waals surface area contributed by atoms with Crippen LogP contribution in [0.5, 0.6) is 0 Å². The molecule has 2 amide bonds. The van der Waals surface area contributed by atoms with Gasteiger partial charge in [-0.2, -0.15) is 0 Å². The Labute approximate surface area is 158 Å². The number of likely N-dealkylation sites (tertiary alicyclic amines) is 1. The molecule has 0 saturated carbocycles. The molecule has 2 aromatic rings. The summed E-state index contributed by atoms with van der Waals surface area (Å²) in [4.78, 5) is 40.9. The fraction of sp³-hybridized carbons (Fsp3) is 0.318. The number of piperidine rings is 1. The normalized spacial score (nSPS) is 18.0. The second-order valence-electron chi connectivity index (χ2n) is 7.28. The highest BCUT2D eigenvalue weighted by Gasteiger charge is 2.36. The quantitative estimate of drug-likeness (QED) is 0.606. The Morgan fingerprint density at radius 1 is 0.852 bits per heavy atom. The van der Waals surface area contributed by atoms with Crippen molar-refractivity contribution in [1.29, 1.82) is 0 Å². The predicted molar refractivity (Wildman–Crippen MR) is 102 cm³/mol. The third kappa shape index (κ3) is 3.55. The molecular weight excluding hydrogens is 340 g/mol. The number of imide groups is 1. The number of amides is 2. The van der Waals surface area contributed by atoms with Crippen molar-refractivity contribution in [1.82, 2.24) is 9.80 Å². The van der Waals surface area contributed by atoms with Gasteiger partial charge in [0.15, 0.2) is 5.78 Å². The largest absolute Gasteiger partial charge is 0.296 e. The molecule has 1 saturated heterocycles. The molecule has 27 heavy (non-hydrogen) atoms. The highest BCUT2D eigenvalue weighted by molar-refractivity contribution is 6.21. The molecule has 2 heterocycles. The molecule has 2 aliphatic heterocycles. The van der Waals surface area contributed by atoms with Crippen molar-refractivity contribution >= 4 is 17.6 Å². The SMILES string of the molecule is O=C(CN1CCC(CN2C(=O)c3ccccc3C2=O)CC1)c1ccccc1. The zero-order chi connectivity index (χ0) is 18.8. The average Bonchev–Trinajstić information content (AvgIpc) is 2.95. The lowest BCUT2D eigenvalue weighted by molar-refractivity contribution is 0.0598. The van der Waals surface area contributed by atoms with Gasteiger partial charge in [0.1, 0.15) is 0 Å². The summed E-state index contributed by atoms with van der Waals surface area (Å²) in [6.07, 6.45) is 1.77. The number of rotatable bonds is 5. The van der Waals surface area contributed by atoms with Crippen LogP contribution in [0, 0.1) is 5.92 Å². The third-order valence-electron chi connectivity index (χ3n) is 5.49. The Hall–Kier alpha value is -2.79. The molecule has 2 aromatic carbocycles. The average molecular weight is 362 g/mol. The van der Waals surface area contributed by atoms with E-state index >= 15 is 0 Å². The van der Waals surface area contributed by atoms with E-state index in [2.05, 4.69) is 4.90 Å². The molecule has 1 fully saturated rings. The fourth-order valence-corrected chi connectivity index (χ4v) is 3.91. The molecule has 5 heteroatoms. The lowest BCUT2D eigenvalue weighted by Gasteiger charge is -2.33. The van der Waals surface area contributed by atoms with Crippen LogP contribution in [-0.4, -0.2) is 53.6 Å². The number of hydrogen-bond acceptors (Lipinski definition) is 4. The minimum Gasteiger partial charge on any atom is -0.296 e. The Kier molecular flexibility index (Phi) is 4.86. The summed E-state index contributed by atoms with van der Waals surface area (Å²) in [6, 6.07) is 16.4. The Morgan fingerprint density at radius 3 is 2.00 bits per heavy atom. The molecule has 0 aromatic heterocycles. The number of ketones is 1. The zero-order valence-corrected chi connectivity index (χ0v) is 15.1. The monoisotopic (exact) mass is 362 g/mol. The standard InChI is InChI=1S/C22H22N2O3/c25-20(17-6-2-1-3-7-17)15-23-12-10-16(11-13-23)14-24-21(26)18-8-4-5-9-19(18)22(24)27/h1-9,16H,10-15H2. The van der Waals surface area contributed by atoms with Crippen molar-refractivity contribution in [2.24, 2.45) is 5.92 Å². The van der Waals surface area contributed by atoms with Crippen molar-refractivity contribution in [2.75, 3.05) is 26.2 Å². The van der Waals surface area contributed by atoms with Crippen LogP contribution in [0.3, 0.4) is 0 Å². The van der Waals surface area contributed by atoms with Crippen LogP contribution < -0.4 is 0 Å². The predicted octanol–water partition coefficient (Wildman–Crippen LogP) is 2.88. The molecule has 0 unspecified atom stereocenters. The van der Waals surface area contributed by atoms with E-state index in [4.69, 9.17) is 0 Å². The maximum Gasteiger partial charge on any atom is 0.261 e. The van der Waals surface area contributed by atoms with Gasteiger partial charge < -0.3 is 0 Å². The van der Waals surface area contributed by atoms with Gasteiger partial charge in [0.2, 0.25) is 0 Å². The van der Waals surface area contributed by atoms with E-state index in [1.807, 2.05) is 30.3 Å². The third-order valence-corrected chi connectivity index (χ3v) is 5.49. The number of fused-ring (bicyclic) bond motifs is 1. The molecule has 0 radical (unpaired) electrons. The number of nitrogens with zero attached hydrogens (tertiary/aromatic N) is 2. The van der Waals surface area contributed by atoms with Gasteiger partial charge in [0.25, 0.3) is 11.8 Å². The van der Waals surface area contributed by atoms with Crippen LogP contribution in [0.25, 0.3) is 0 Å². The van der Waals surface area contributed by atoms with E-state index in [0.717, 1.165) is 31.5 Å². The second-order valence-corrected chi connectivity index (χ2v) is 7.28. The molecule has 0 bridgehead atoms. The van der Waals surface area contributed by atoms with E-state index in [1.54, 1.807) is 24.3 Å². The smallest absolute Gasteiger partial charge is 0.261 e. The molecule has 0 atom stereocenters. The maximum atomic E-state index is 12.5. The van der Waals surface area contributed by atoms with Gasteiger partial charge in [-0.05, 0) is 44.0 Å². The maximum absolute atomic E-state index is 12.5. The molecule has 5 nitrogen and oxygen atoms in total. The number of hydrogen-bond donors (Lipinski definition) is 0. The van der Waals surface area contributed by atoms with E-state index < -0.39 is 0 Å². The van der Waals surface area contributed by atoms with Crippen LogP contribution in [-0.2, 0) is 0 Å². The van der Waals surface area contributed by atoms with E-state index in [-0.39, 0.29) is 23.5 Å². The number of benzene rings is 2. The minimum absolute atomic E-state index is 0.134. The molecular formula is C22H22N2O3. The van der Waals surface area contributed by atoms with Gasteiger partial charge in [-0.3, -0.25) is 24.2 Å². The molecule has 2 aliphatic rings. The number of carbonyl (C=O) groups excluding carboxylic acids is 3. The van der Waals surface area contributed by atoms with E-state index in [1.165, 1.54) is 4.90 Å². The van der Waals surface area contributed by atoms with Crippen molar-refractivity contribution < 1.29 is 14.4 Å². The Bertz CT molecular complexity index is 835. The zero-order valence-electron chi connectivity index (χ0n) is 15.1. The van der Waals surface area contributed by atoms with Gasteiger partial charge >= 0.3 is 0 Å². The van der Waals surface area contributed by atoms with Crippen LogP contribution in [0.15, 0.2) is 54.6 Å². The minimum atomic E-state index is -0.183. The summed E-state index contributed by atoms with van der Waals surface area (Å²) in [5.74, 6) is 0.0549. The Morgan fingerprint density at radius 2 is 1.41 bits per heavy atom. The Balaban J connectivity index is 1.31. The lowest BCUT2D eigenvalue weighted by Crippen LogP contribution is -2.42. The van der Waals surface area contributed by atoms with Gasteiger partial charge in [-0.25, -0.2) is 0 Å². The first-order valence-electron chi connectivity index (χ1n) is 9.39. The molecule has 0 aliphatic carbocycles. The van der Waals surface area contributed by atoms with Crippen molar-refractivity contribution in [3.8, 4) is 0 Å². The number of carbonyl (C=O) groups is 3. The second kappa shape index (κ2) is 7.45. The highest BCUT2D eigenvalue weighted by atomic mass is 16.2. The van der Waals surface area contributed by atoms with Crippen molar-refractivity contribution in [2.45, 2.75) is 12.8 Å². The summed E-state index contributed by atoms with van der Waals surface area (Å²) in [5, 5.41) is 0. The first kappa shape index (κ1) is 17.6. The lowest BCUT2D eigenvalue weighted by atomic mass is 9.95. The van der Waals surface area contributed by atoms with Gasteiger partial charge in [-0.15, -0.1) is 0 Å². The van der Waals surface area contributed by atoms with Gasteiger partial charge in [0, 0.05) is 12.1 Å². The molecule has 138 valence electrons. The first-order valence-corrected chi connectivity index (χ1v) is 9.39. The van der Waals surface area contributed by atoms with Crippen molar-refractivity contribution in [3.63, 3.8) is 0 Å². The van der Waals surface area contributed by atoms with Crippen LogP contribution in [0.2, 0.25) is 0 Å². The molecule has 4 rings (SSSR count). The summed E-state index contributed by atoms with van der Waals surface area (Å²) < 4.78 is 0. The van der Waals surface area contributed by atoms with Crippen LogP contribution in [0.4, 0.5) is 0 Å². The topological polar surface area (TPSA) is 57.7 Å². The van der Waals surface area contributed by atoms with Gasteiger partial charge in [0.05, 0.1) is 17.7 Å². The van der Waals surface area contributed by atoms with Gasteiger partial charge in [-0.1, -0.05) is 42.5 Å². The first-order chi connectivity index (χ1) is 13.1. The number of Topliss-reactive ketones (excluding diaryl/α,β-unsaturated/α-hetero) is 1. The summed E-state index contributed by atoms with van der Waals surface area (Å²) in [5.41, 5.74) is 1.76. The van der Waals surface area contributed by atoms with Crippen LogP contribution in [0.1, 0.15) is 43.9 Å². The van der Waals surface area contributed by atoms with Crippen LogP contribution >= 0.6 is 0 Å². The molecule has 0 spiro atoms. The van der Waals surface area contributed by atoms with E-state index in [9.17, 15) is 14.4 Å².